The highest BCUT2D eigenvalue weighted by Gasteiger charge is 2.10. The third-order valence-electron chi connectivity index (χ3n) is 3.33. The van der Waals surface area contributed by atoms with Crippen LogP contribution in [-0.4, -0.2) is 12.7 Å². The van der Waals surface area contributed by atoms with Gasteiger partial charge in [-0.25, -0.2) is 4.79 Å². The zero-order valence-corrected chi connectivity index (χ0v) is 14.8. The van der Waals surface area contributed by atoms with Gasteiger partial charge in [-0.3, -0.25) is 0 Å². The minimum Gasteiger partial charge on any atom is -0.395 e. The minimum absolute atomic E-state index is 0.253. The number of hydrogen-bond donors (Lipinski definition) is 1. The summed E-state index contributed by atoms with van der Waals surface area (Å²) in [5, 5.41) is 3.41. The molecular weight excluding hydrogens is 302 g/mol. The lowest BCUT2D eigenvalue weighted by atomic mass is 9.97. The predicted molar refractivity (Wildman–Crippen MR) is 95.4 cm³/mol. The highest BCUT2D eigenvalue weighted by atomic mass is 16.7. The summed E-state index contributed by atoms with van der Waals surface area (Å²) in [6, 6.07) is 14.6. The molecule has 0 aromatic heterocycles. The molecule has 128 valence electrons. The van der Waals surface area contributed by atoms with Crippen molar-refractivity contribution in [3.8, 4) is 11.5 Å². The lowest BCUT2D eigenvalue weighted by Crippen LogP contribution is -2.26. The van der Waals surface area contributed by atoms with Crippen LogP contribution in [0.4, 0.5) is 4.79 Å². The number of benzene rings is 2. The average molecular weight is 327 g/mol. The van der Waals surface area contributed by atoms with Gasteiger partial charge in [0.1, 0.15) is 11.5 Å². The first-order valence-electron chi connectivity index (χ1n) is 8.08. The molecule has 4 nitrogen and oxygen atoms in total. The molecule has 0 fully saturated rings. The number of hydrogen-bond acceptors (Lipinski definition) is 4. The Labute approximate surface area is 143 Å². The zero-order valence-electron chi connectivity index (χ0n) is 14.8. The summed E-state index contributed by atoms with van der Waals surface area (Å²) in [6.45, 7) is 10.3. The van der Waals surface area contributed by atoms with Crippen LogP contribution in [0.5, 0.6) is 11.5 Å². The van der Waals surface area contributed by atoms with E-state index in [1.807, 2.05) is 31.2 Å². The van der Waals surface area contributed by atoms with Crippen LogP contribution in [-0.2, 0) is 6.54 Å². The van der Waals surface area contributed by atoms with E-state index in [2.05, 4.69) is 26.1 Å². The summed E-state index contributed by atoms with van der Waals surface area (Å²) in [4.78, 5) is 11.8. The highest BCUT2D eigenvalue weighted by molar-refractivity contribution is 5.67. The molecule has 0 saturated heterocycles. The second kappa shape index (κ2) is 7.97. The summed E-state index contributed by atoms with van der Waals surface area (Å²) in [6.07, 6.45) is -0.738. The second-order valence-electron chi connectivity index (χ2n) is 7.08. The maximum atomic E-state index is 11.8. The molecule has 0 spiro atoms. The molecule has 0 heterocycles. The first kappa shape index (κ1) is 18.0. The topological polar surface area (TPSA) is 47.6 Å². The fraction of sp³-hybridized carbons (Fsp3) is 0.350. The van der Waals surface area contributed by atoms with Gasteiger partial charge in [0.15, 0.2) is 0 Å². The number of ether oxygens (including phenoxy) is 2. The van der Waals surface area contributed by atoms with Crippen LogP contribution in [0.25, 0.3) is 0 Å². The summed E-state index contributed by atoms with van der Waals surface area (Å²) in [7, 11) is 0. The molecule has 0 amide bonds. The van der Waals surface area contributed by atoms with Crippen molar-refractivity contribution in [3.63, 3.8) is 0 Å². The van der Waals surface area contributed by atoms with Gasteiger partial charge in [0, 0.05) is 13.1 Å². The Morgan fingerprint density at radius 3 is 1.92 bits per heavy atom. The van der Waals surface area contributed by atoms with Crippen LogP contribution in [0.1, 0.15) is 31.9 Å². The van der Waals surface area contributed by atoms with Crippen LogP contribution in [0.3, 0.4) is 0 Å². The predicted octanol–water partition coefficient (Wildman–Crippen LogP) is 4.71. The first-order chi connectivity index (χ1) is 11.3. The van der Waals surface area contributed by atoms with E-state index in [9.17, 15) is 4.79 Å². The number of rotatable bonds is 5. The van der Waals surface area contributed by atoms with E-state index in [-0.39, 0.29) is 5.41 Å². The Hall–Kier alpha value is -2.33. The first-order valence-corrected chi connectivity index (χ1v) is 8.08. The van der Waals surface area contributed by atoms with E-state index in [1.165, 1.54) is 0 Å². The Morgan fingerprint density at radius 2 is 1.42 bits per heavy atom. The van der Waals surface area contributed by atoms with Gasteiger partial charge in [0.05, 0.1) is 0 Å². The molecule has 24 heavy (non-hydrogen) atoms. The lowest BCUT2D eigenvalue weighted by molar-refractivity contribution is 0.152. The lowest BCUT2D eigenvalue weighted by Gasteiger charge is -2.18. The van der Waals surface area contributed by atoms with Crippen LogP contribution >= 0.6 is 0 Å². The standard InChI is InChI=1S/C20H25NO3/c1-15-5-9-17(10-6-15)23-19(22)24-18-11-7-16(8-12-18)13-21-14-20(2,3)4/h5-12,21H,13-14H2,1-4H3. The van der Waals surface area contributed by atoms with Crippen LogP contribution < -0.4 is 14.8 Å². The summed E-state index contributed by atoms with van der Waals surface area (Å²) in [5.41, 5.74) is 2.49. The third kappa shape index (κ3) is 6.42. The zero-order chi connectivity index (χ0) is 17.6. The van der Waals surface area contributed by atoms with Gasteiger partial charge in [-0.2, -0.15) is 0 Å². The molecule has 4 heteroatoms. The van der Waals surface area contributed by atoms with Crippen molar-refractivity contribution in [3.05, 3.63) is 59.7 Å². The van der Waals surface area contributed by atoms with Gasteiger partial charge in [0.25, 0.3) is 0 Å². The molecule has 0 aliphatic carbocycles. The summed E-state index contributed by atoms with van der Waals surface area (Å²) >= 11 is 0. The molecule has 2 rings (SSSR count). The number of aryl methyl sites for hydroxylation is 1. The second-order valence-corrected chi connectivity index (χ2v) is 7.08. The summed E-state index contributed by atoms with van der Waals surface area (Å²) < 4.78 is 10.3. The van der Waals surface area contributed by atoms with E-state index in [4.69, 9.17) is 9.47 Å². The Morgan fingerprint density at radius 1 is 0.917 bits per heavy atom. The average Bonchev–Trinajstić information content (AvgIpc) is 2.50. The maximum Gasteiger partial charge on any atom is 0.519 e. The van der Waals surface area contributed by atoms with Gasteiger partial charge in [-0.1, -0.05) is 50.6 Å². The molecule has 2 aromatic carbocycles. The molecule has 0 atom stereocenters. The highest BCUT2D eigenvalue weighted by Crippen LogP contribution is 2.16. The third-order valence-corrected chi connectivity index (χ3v) is 3.33. The van der Waals surface area contributed by atoms with E-state index in [0.29, 0.717) is 11.5 Å². The van der Waals surface area contributed by atoms with Gasteiger partial charge in [0.2, 0.25) is 0 Å². The fourth-order valence-electron chi connectivity index (χ4n) is 2.08. The number of nitrogens with one attached hydrogen (secondary N) is 1. The minimum atomic E-state index is -0.738. The molecule has 0 aliphatic heterocycles. The SMILES string of the molecule is Cc1ccc(OC(=O)Oc2ccc(CNCC(C)(C)C)cc2)cc1. The van der Waals surface area contributed by atoms with Crippen LogP contribution in [0.2, 0.25) is 0 Å². The van der Waals surface area contributed by atoms with E-state index in [0.717, 1.165) is 24.2 Å². The van der Waals surface area contributed by atoms with Crippen molar-refractivity contribution in [2.24, 2.45) is 5.41 Å². The Balaban J connectivity index is 1.82. The fourth-order valence-corrected chi connectivity index (χ4v) is 2.08. The normalized spacial score (nSPS) is 11.2. The van der Waals surface area contributed by atoms with Crippen molar-refractivity contribution < 1.29 is 14.3 Å². The van der Waals surface area contributed by atoms with Crippen molar-refractivity contribution in [1.29, 1.82) is 0 Å². The van der Waals surface area contributed by atoms with Gasteiger partial charge in [-0.05, 0) is 42.2 Å². The van der Waals surface area contributed by atoms with Crippen molar-refractivity contribution in [2.75, 3.05) is 6.54 Å². The van der Waals surface area contributed by atoms with E-state index >= 15 is 0 Å². The summed E-state index contributed by atoms with van der Waals surface area (Å²) in [5.74, 6) is 0.931. The number of carbonyl (C=O) groups is 1. The largest absolute Gasteiger partial charge is 0.519 e. The van der Waals surface area contributed by atoms with Crippen molar-refractivity contribution >= 4 is 6.16 Å². The maximum absolute atomic E-state index is 11.8. The Bertz CT molecular complexity index is 655. The van der Waals surface area contributed by atoms with Gasteiger partial charge in [-0.15, -0.1) is 0 Å². The molecule has 0 saturated carbocycles. The number of carbonyl (C=O) groups excluding carboxylic acids is 1. The van der Waals surface area contributed by atoms with Crippen molar-refractivity contribution in [2.45, 2.75) is 34.2 Å². The van der Waals surface area contributed by atoms with Gasteiger partial charge >= 0.3 is 6.16 Å². The van der Waals surface area contributed by atoms with Crippen molar-refractivity contribution in [1.82, 2.24) is 5.32 Å². The molecule has 2 aromatic rings. The smallest absolute Gasteiger partial charge is 0.395 e. The van der Waals surface area contributed by atoms with E-state index in [1.54, 1.807) is 24.3 Å². The van der Waals surface area contributed by atoms with E-state index < -0.39 is 6.16 Å². The monoisotopic (exact) mass is 327 g/mol. The quantitative estimate of drug-likeness (QED) is 0.638. The molecule has 0 unspecified atom stereocenters. The Kier molecular flexibility index (Phi) is 5.99. The molecular formula is C20H25NO3. The molecule has 0 bridgehead atoms. The molecule has 1 N–H and O–H groups in total. The van der Waals surface area contributed by atoms with Crippen LogP contribution in [0.15, 0.2) is 48.5 Å². The molecule has 0 radical (unpaired) electrons. The van der Waals surface area contributed by atoms with Gasteiger partial charge < -0.3 is 14.8 Å². The van der Waals surface area contributed by atoms with Crippen LogP contribution in [0, 0.1) is 12.3 Å². The molecule has 0 aliphatic rings.